The van der Waals surface area contributed by atoms with Gasteiger partial charge < -0.3 is 0 Å². The van der Waals surface area contributed by atoms with Gasteiger partial charge in [0.05, 0.1) is 15.5 Å². The monoisotopic (exact) mass is 367 g/mol. The summed E-state index contributed by atoms with van der Waals surface area (Å²) in [5.74, 6) is 0. The molecule has 0 saturated heterocycles. The van der Waals surface area contributed by atoms with Crippen molar-refractivity contribution in [2.75, 3.05) is 17.1 Å². The standard InChI is InChI=1S/C17H21NO4S2/c1-3-4-14-18(15-8-6-5-7-9-15)24(21,22)17-12-10-16(11-13-17)23(2,19)20/h5-13H,3-4,14H2,1-2H3. The molecule has 0 bridgehead atoms. The van der Waals surface area contributed by atoms with Crippen molar-refractivity contribution in [2.24, 2.45) is 0 Å². The number of hydrogen-bond donors (Lipinski definition) is 0. The summed E-state index contributed by atoms with van der Waals surface area (Å²) in [6, 6.07) is 14.2. The highest BCUT2D eigenvalue weighted by molar-refractivity contribution is 7.93. The van der Waals surface area contributed by atoms with Gasteiger partial charge in [0.1, 0.15) is 0 Å². The van der Waals surface area contributed by atoms with Crippen molar-refractivity contribution >= 4 is 25.5 Å². The topological polar surface area (TPSA) is 71.5 Å². The van der Waals surface area contributed by atoms with E-state index in [1.807, 2.05) is 13.0 Å². The van der Waals surface area contributed by atoms with Crippen LogP contribution >= 0.6 is 0 Å². The summed E-state index contributed by atoms with van der Waals surface area (Å²) < 4.78 is 50.4. The molecule has 7 heteroatoms. The van der Waals surface area contributed by atoms with Crippen LogP contribution in [0.3, 0.4) is 0 Å². The van der Waals surface area contributed by atoms with Crippen molar-refractivity contribution in [3.63, 3.8) is 0 Å². The molecule has 0 saturated carbocycles. The maximum Gasteiger partial charge on any atom is 0.264 e. The Bertz CT molecular complexity index is 874. The fraction of sp³-hybridized carbons (Fsp3) is 0.294. The summed E-state index contributed by atoms with van der Waals surface area (Å²) in [6.07, 6.45) is 2.69. The molecule has 0 aromatic heterocycles. The van der Waals surface area contributed by atoms with Crippen molar-refractivity contribution in [2.45, 2.75) is 29.6 Å². The summed E-state index contributed by atoms with van der Waals surface area (Å²) >= 11 is 0. The second-order valence-electron chi connectivity index (χ2n) is 5.51. The van der Waals surface area contributed by atoms with Crippen molar-refractivity contribution in [3.8, 4) is 0 Å². The highest BCUT2D eigenvalue weighted by atomic mass is 32.2. The highest BCUT2D eigenvalue weighted by Gasteiger charge is 2.24. The van der Waals surface area contributed by atoms with E-state index in [4.69, 9.17) is 0 Å². The van der Waals surface area contributed by atoms with E-state index in [0.717, 1.165) is 19.1 Å². The number of benzene rings is 2. The van der Waals surface area contributed by atoms with Gasteiger partial charge in [-0.1, -0.05) is 31.5 Å². The molecule has 5 nitrogen and oxygen atoms in total. The maximum absolute atomic E-state index is 13.0. The molecule has 0 N–H and O–H groups in total. The molecule has 24 heavy (non-hydrogen) atoms. The van der Waals surface area contributed by atoms with Gasteiger partial charge in [-0.2, -0.15) is 0 Å². The largest absolute Gasteiger partial charge is 0.266 e. The molecular weight excluding hydrogens is 346 g/mol. The molecule has 0 unspecified atom stereocenters. The van der Waals surface area contributed by atoms with E-state index in [1.165, 1.54) is 28.6 Å². The quantitative estimate of drug-likeness (QED) is 0.754. The number of rotatable bonds is 7. The lowest BCUT2D eigenvalue weighted by atomic mass is 10.3. The number of para-hydroxylation sites is 1. The molecule has 0 aliphatic rings. The van der Waals surface area contributed by atoms with E-state index >= 15 is 0 Å². The van der Waals surface area contributed by atoms with Crippen molar-refractivity contribution in [1.29, 1.82) is 0 Å². The average Bonchev–Trinajstić information content (AvgIpc) is 2.55. The Hall–Kier alpha value is -1.86. The fourth-order valence-electron chi connectivity index (χ4n) is 2.27. The zero-order valence-corrected chi connectivity index (χ0v) is 15.3. The summed E-state index contributed by atoms with van der Waals surface area (Å²) in [6.45, 7) is 2.37. The van der Waals surface area contributed by atoms with Crippen LogP contribution in [0.25, 0.3) is 0 Å². The van der Waals surface area contributed by atoms with Crippen LogP contribution in [0, 0.1) is 0 Å². The zero-order valence-electron chi connectivity index (χ0n) is 13.7. The molecule has 0 heterocycles. The molecule has 2 aromatic carbocycles. The zero-order chi connectivity index (χ0) is 17.8. The van der Waals surface area contributed by atoms with Crippen LogP contribution in [-0.2, 0) is 19.9 Å². The molecule has 0 amide bonds. The van der Waals surface area contributed by atoms with Crippen LogP contribution in [0.15, 0.2) is 64.4 Å². The van der Waals surface area contributed by atoms with Crippen LogP contribution in [0.5, 0.6) is 0 Å². The number of sulfonamides is 1. The summed E-state index contributed by atoms with van der Waals surface area (Å²) in [5, 5.41) is 0. The molecule has 0 aliphatic heterocycles. The van der Waals surface area contributed by atoms with Crippen LogP contribution in [-0.4, -0.2) is 29.6 Å². The lowest BCUT2D eigenvalue weighted by Crippen LogP contribution is -2.32. The Morgan fingerprint density at radius 1 is 0.833 bits per heavy atom. The van der Waals surface area contributed by atoms with Gasteiger partial charge in [-0.15, -0.1) is 0 Å². The third kappa shape index (κ3) is 4.15. The first-order valence-electron chi connectivity index (χ1n) is 7.64. The third-order valence-electron chi connectivity index (χ3n) is 3.60. The third-order valence-corrected chi connectivity index (χ3v) is 6.57. The summed E-state index contributed by atoms with van der Waals surface area (Å²) in [4.78, 5) is 0.177. The van der Waals surface area contributed by atoms with Gasteiger partial charge in [0.15, 0.2) is 9.84 Å². The Labute approximate surface area is 143 Å². The van der Waals surface area contributed by atoms with E-state index in [1.54, 1.807) is 24.3 Å². The van der Waals surface area contributed by atoms with Gasteiger partial charge in [0, 0.05) is 12.8 Å². The second kappa shape index (κ2) is 7.36. The minimum absolute atomic E-state index is 0.0786. The van der Waals surface area contributed by atoms with E-state index in [0.29, 0.717) is 12.2 Å². The van der Waals surface area contributed by atoms with E-state index in [9.17, 15) is 16.8 Å². The Morgan fingerprint density at radius 2 is 1.38 bits per heavy atom. The van der Waals surface area contributed by atoms with Crippen LogP contribution in [0.2, 0.25) is 0 Å². The van der Waals surface area contributed by atoms with E-state index in [-0.39, 0.29) is 9.79 Å². The number of anilines is 1. The fourth-order valence-corrected chi connectivity index (χ4v) is 4.40. The normalized spacial score (nSPS) is 12.1. The summed E-state index contributed by atoms with van der Waals surface area (Å²) in [5.41, 5.74) is 0.595. The lowest BCUT2D eigenvalue weighted by molar-refractivity contribution is 0.587. The van der Waals surface area contributed by atoms with Gasteiger partial charge in [-0.3, -0.25) is 4.31 Å². The second-order valence-corrected chi connectivity index (χ2v) is 9.39. The Morgan fingerprint density at radius 3 is 1.88 bits per heavy atom. The number of hydrogen-bond acceptors (Lipinski definition) is 4. The molecule has 0 fully saturated rings. The van der Waals surface area contributed by atoms with Crippen molar-refractivity contribution in [3.05, 3.63) is 54.6 Å². The first-order valence-corrected chi connectivity index (χ1v) is 11.0. The maximum atomic E-state index is 13.0. The van der Waals surface area contributed by atoms with Gasteiger partial charge in [0.25, 0.3) is 10.0 Å². The van der Waals surface area contributed by atoms with Crippen LogP contribution < -0.4 is 4.31 Å². The first kappa shape index (κ1) is 18.5. The van der Waals surface area contributed by atoms with E-state index < -0.39 is 19.9 Å². The molecule has 2 rings (SSSR count). The van der Waals surface area contributed by atoms with Gasteiger partial charge >= 0.3 is 0 Å². The van der Waals surface area contributed by atoms with Crippen molar-refractivity contribution in [1.82, 2.24) is 0 Å². The van der Waals surface area contributed by atoms with E-state index in [2.05, 4.69) is 0 Å². The van der Waals surface area contributed by atoms with Crippen molar-refractivity contribution < 1.29 is 16.8 Å². The first-order chi connectivity index (χ1) is 11.3. The smallest absolute Gasteiger partial charge is 0.264 e. The summed E-state index contributed by atoms with van der Waals surface area (Å²) in [7, 11) is -7.11. The molecule has 0 spiro atoms. The predicted molar refractivity (Wildman–Crippen MR) is 95.4 cm³/mol. The number of nitrogens with zero attached hydrogens (tertiary/aromatic N) is 1. The molecular formula is C17H21NO4S2. The van der Waals surface area contributed by atoms with Gasteiger partial charge in [-0.05, 0) is 42.8 Å². The number of sulfone groups is 1. The molecule has 130 valence electrons. The average molecular weight is 367 g/mol. The Balaban J connectivity index is 2.44. The SMILES string of the molecule is CCCCN(c1ccccc1)S(=O)(=O)c1ccc(S(C)(=O)=O)cc1. The molecule has 2 aromatic rings. The van der Waals surface area contributed by atoms with Gasteiger partial charge in [0.2, 0.25) is 0 Å². The van der Waals surface area contributed by atoms with Crippen LogP contribution in [0.1, 0.15) is 19.8 Å². The minimum atomic E-state index is -3.75. The molecule has 0 aliphatic carbocycles. The van der Waals surface area contributed by atoms with Gasteiger partial charge in [-0.25, -0.2) is 16.8 Å². The lowest BCUT2D eigenvalue weighted by Gasteiger charge is -2.24. The Kier molecular flexibility index (Phi) is 5.66. The minimum Gasteiger partial charge on any atom is -0.266 e. The van der Waals surface area contributed by atoms with Crippen LogP contribution in [0.4, 0.5) is 5.69 Å². The number of unbranched alkanes of at least 4 members (excludes halogenated alkanes) is 1. The predicted octanol–water partition coefficient (Wildman–Crippen LogP) is 3.09. The molecule has 0 atom stereocenters. The highest BCUT2D eigenvalue weighted by Crippen LogP contribution is 2.25. The molecule has 0 radical (unpaired) electrons.